The van der Waals surface area contributed by atoms with E-state index < -0.39 is 11.2 Å². The third kappa shape index (κ3) is 4.24. The first kappa shape index (κ1) is 20.8. The van der Waals surface area contributed by atoms with Gasteiger partial charge in [0.1, 0.15) is 22.4 Å². The summed E-state index contributed by atoms with van der Waals surface area (Å²) in [6.07, 6.45) is 0.375. The van der Waals surface area contributed by atoms with Gasteiger partial charge in [0.2, 0.25) is 5.91 Å². The van der Waals surface area contributed by atoms with Gasteiger partial charge in [0.25, 0.3) is 5.91 Å². The summed E-state index contributed by atoms with van der Waals surface area (Å²) in [6.45, 7) is 0. The number of thioether (sulfide) groups is 1. The Kier molecular flexibility index (Phi) is 6.47. The van der Waals surface area contributed by atoms with Crippen molar-refractivity contribution in [2.24, 2.45) is 0 Å². The number of benzene rings is 2. The molecule has 148 valence electrons. The number of carbonyl (C=O) groups excluding carboxylic acids is 2. The van der Waals surface area contributed by atoms with Crippen LogP contribution in [0.3, 0.4) is 0 Å². The molecule has 1 aliphatic rings. The number of amides is 2. The molecule has 0 bridgehead atoms. The van der Waals surface area contributed by atoms with Crippen molar-refractivity contribution in [2.45, 2.75) is 11.7 Å². The predicted octanol–water partition coefficient (Wildman–Crippen LogP) is 3.52. The summed E-state index contributed by atoms with van der Waals surface area (Å²) in [6, 6.07) is 16.2. The Labute approximate surface area is 178 Å². The zero-order valence-corrected chi connectivity index (χ0v) is 17.4. The van der Waals surface area contributed by atoms with Crippen LogP contribution in [-0.2, 0) is 16.0 Å². The number of hydrogen-bond acceptors (Lipinski definition) is 5. The van der Waals surface area contributed by atoms with Crippen LogP contribution in [0, 0.1) is 11.3 Å². The Morgan fingerprint density at radius 1 is 1.31 bits per heavy atom. The largest absolute Gasteiger partial charge is 0.497 e. The zero-order valence-electron chi connectivity index (χ0n) is 15.8. The van der Waals surface area contributed by atoms with E-state index in [2.05, 4.69) is 5.32 Å². The molecule has 1 atom stereocenters. The van der Waals surface area contributed by atoms with Crippen LogP contribution in [-0.4, -0.2) is 31.2 Å². The smallest absolute Gasteiger partial charge is 0.264 e. The lowest BCUT2D eigenvalue weighted by Gasteiger charge is -2.19. The van der Waals surface area contributed by atoms with Gasteiger partial charge in [-0.3, -0.25) is 14.5 Å². The highest BCUT2D eigenvalue weighted by atomic mass is 35.5. The lowest BCUT2D eigenvalue weighted by molar-refractivity contribution is -0.117. The molecule has 0 aromatic heterocycles. The first-order chi connectivity index (χ1) is 14.0. The molecule has 0 radical (unpaired) electrons. The third-order valence-electron chi connectivity index (χ3n) is 4.41. The molecule has 6 nitrogen and oxygen atoms in total. The normalized spacial score (nSPS) is 17.7. The minimum Gasteiger partial charge on any atom is -0.497 e. The average Bonchev–Trinajstić information content (AvgIpc) is 3.05. The Hall–Kier alpha value is -2.95. The monoisotopic (exact) mass is 427 g/mol. The molecule has 29 heavy (non-hydrogen) atoms. The van der Waals surface area contributed by atoms with Crippen molar-refractivity contribution < 1.29 is 14.3 Å². The van der Waals surface area contributed by atoms with Gasteiger partial charge < -0.3 is 10.1 Å². The fraction of sp³-hybridized carbons (Fsp3) is 0.190. The van der Waals surface area contributed by atoms with E-state index in [4.69, 9.17) is 16.3 Å². The summed E-state index contributed by atoms with van der Waals surface area (Å²) in [5.41, 5.74) is 1.23. The molecule has 8 heteroatoms. The maximum Gasteiger partial charge on any atom is 0.264 e. The van der Waals surface area contributed by atoms with Crippen LogP contribution in [0.2, 0.25) is 5.02 Å². The van der Waals surface area contributed by atoms with E-state index in [0.29, 0.717) is 27.9 Å². The standard InChI is InChI=1S/C21H18ClN3O3S/c1-24-19(26)16(12-23)21-25(14-7-5-8-15(11-14)28-2)20(27)18(29-21)10-13-6-3-4-9-17(13)22/h3-9,11,18H,10H2,1-2H3,(H,24,26)/b21-16-. The lowest BCUT2D eigenvalue weighted by Crippen LogP contribution is -2.31. The number of nitriles is 1. The fourth-order valence-electron chi connectivity index (χ4n) is 2.96. The molecule has 1 aliphatic heterocycles. The lowest BCUT2D eigenvalue weighted by atomic mass is 10.1. The molecular weight excluding hydrogens is 410 g/mol. The minimum absolute atomic E-state index is 0.115. The summed E-state index contributed by atoms with van der Waals surface area (Å²) >= 11 is 7.45. The van der Waals surface area contributed by atoms with E-state index in [-0.39, 0.29) is 11.5 Å². The van der Waals surface area contributed by atoms with Crippen LogP contribution in [0.4, 0.5) is 5.69 Å². The van der Waals surface area contributed by atoms with E-state index in [9.17, 15) is 14.9 Å². The van der Waals surface area contributed by atoms with Crippen LogP contribution in [0.25, 0.3) is 0 Å². The Balaban J connectivity index is 2.08. The Morgan fingerprint density at radius 3 is 2.72 bits per heavy atom. The van der Waals surface area contributed by atoms with Crippen LogP contribution < -0.4 is 15.0 Å². The summed E-state index contributed by atoms with van der Waals surface area (Å²) in [4.78, 5) is 27.0. The number of ether oxygens (including phenoxy) is 1. The molecule has 1 unspecified atom stereocenters. The average molecular weight is 428 g/mol. The summed E-state index contributed by atoms with van der Waals surface area (Å²) in [5, 5.41) is 12.4. The second-order valence-electron chi connectivity index (χ2n) is 6.15. The fourth-order valence-corrected chi connectivity index (χ4v) is 4.47. The Bertz CT molecular complexity index is 1030. The van der Waals surface area contributed by atoms with Gasteiger partial charge in [0, 0.05) is 18.1 Å². The number of anilines is 1. The number of halogens is 1. The SMILES string of the molecule is CNC(=O)/C(C#N)=C1\SC(Cc2ccccc2Cl)C(=O)N1c1cccc(OC)c1. The highest BCUT2D eigenvalue weighted by molar-refractivity contribution is 8.05. The van der Waals surface area contributed by atoms with Crippen molar-refractivity contribution >= 4 is 40.9 Å². The number of likely N-dealkylation sites (N-methyl/N-ethyl adjacent to an activating group) is 1. The highest BCUT2D eigenvalue weighted by Gasteiger charge is 2.41. The molecule has 2 aromatic carbocycles. The number of rotatable bonds is 5. The topological polar surface area (TPSA) is 82.4 Å². The van der Waals surface area contributed by atoms with Gasteiger partial charge in [0.05, 0.1) is 18.0 Å². The maximum absolute atomic E-state index is 13.3. The van der Waals surface area contributed by atoms with Crippen molar-refractivity contribution in [3.8, 4) is 11.8 Å². The molecule has 0 aliphatic carbocycles. The Morgan fingerprint density at radius 2 is 2.07 bits per heavy atom. The van der Waals surface area contributed by atoms with Gasteiger partial charge in [-0.2, -0.15) is 5.26 Å². The van der Waals surface area contributed by atoms with Gasteiger partial charge >= 0.3 is 0 Å². The number of carbonyl (C=O) groups is 2. The second-order valence-corrected chi connectivity index (χ2v) is 7.75. The first-order valence-electron chi connectivity index (χ1n) is 8.74. The van der Waals surface area contributed by atoms with Crippen molar-refractivity contribution in [3.05, 3.63) is 69.7 Å². The van der Waals surface area contributed by atoms with E-state index in [0.717, 1.165) is 5.56 Å². The molecule has 1 saturated heterocycles. The highest BCUT2D eigenvalue weighted by Crippen LogP contribution is 2.43. The van der Waals surface area contributed by atoms with Gasteiger partial charge in [0.15, 0.2) is 0 Å². The third-order valence-corrected chi connectivity index (χ3v) is 6.04. The second kappa shape index (κ2) is 9.03. The predicted molar refractivity (Wildman–Crippen MR) is 114 cm³/mol. The number of nitrogens with zero attached hydrogens (tertiary/aromatic N) is 2. The van der Waals surface area contributed by atoms with Gasteiger partial charge in [-0.25, -0.2) is 0 Å². The number of methoxy groups -OCH3 is 1. The minimum atomic E-state index is -0.547. The molecule has 0 saturated carbocycles. The van der Waals surface area contributed by atoms with Gasteiger partial charge in [-0.1, -0.05) is 47.6 Å². The van der Waals surface area contributed by atoms with Crippen molar-refractivity contribution in [1.82, 2.24) is 5.32 Å². The molecule has 2 amide bonds. The molecular formula is C21H18ClN3O3S. The van der Waals surface area contributed by atoms with Crippen molar-refractivity contribution in [2.75, 3.05) is 19.1 Å². The first-order valence-corrected chi connectivity index (χ1v) is 10.0. The number of hydrogen-bond donors (Lipinski definition) is 1. The summed E-state index contributed by atoms with van der Waals surface area (Å²) in [7, 11) is 2.97. The van der Waals surface area contributed by atoms with Gasteiger partial charge in [-0.15, -0.1) is 0 Å². The quantitative estimate of drug-likeness (QED) is 0.583. The molecule has 2 aromatic rings. The summed E-state index contributed by atoms with van der Waals surface area (Å²) in [5.74, 6) is -0.212. The molecule has 1 heterocycles. The van der Waals surface area contributed by atoms with Gasteiger partial charge in [-0.05, 0) is 30.2 Å². The van der Waals surface area contributed by atoms with Crippen LogP contribution in [0.5, 0.6) is 5.75 Å². The maximum atomic E-state index is 13.3. The molecule has 3 rings (SSSR count). The van der Waals surface area contributed by atoms with Crippen molar-refractivity contribution in [1.29, 1.82) is 5.26 Å². The number of nitrogens with one attached hydrogen (secondary N) is 1. The van der Waals surface area contributed by atoms with E-state index >= 15 is 0 Å². The molecule has 0 spiro atoms. The zero-order chi connectivity index (χ0) is 21.0. The molecule has 1 fully saturated rings. The van der Waals surface area contributed by atoms with Crippen LogP contribution in [0.1, 0.15) is 5.56 Å². The van der Waals surface area contributed by atoms with E-state index in [1.54, 1.807) is 30.3 Å². The van der Waals surface area contributed by atoms with Crippen LogP contribution >= 0.6 is 23.4 Å². The van der Waals surface area contributed by atoms with Crippen LogP contribution in [0.15, 0.2) is 59.1 Å². The van der Waals surface area contributed by atoms with E-state index in [1.807, 2.05) is 24.3 Å². The summed E-state index contributed by atoms with van der Waals surface area (Å²) < 4.78 is 5.26. The van der Waals surface area contributed by atoms with E-state index in [1.165, 1.54) is 30.8 Å². The van der Waals surface area contributed by atoms with Crippen molar-refractivity contribution in [3.63, 3.8) is 0 Å². The molecule has 1 N–H and O–H groups in total.